The summed E-state index contributed by atoms with van der Waals surface area (Å²) in [5.74, 6) is 2.64. The van der Waals surface area contributed by atoms with Crippen LogP contribution in [0.5, 0.6) is 0 Å². The number of nitrogens with zero attached hydrogens (tertiary/aromatic N) is 6. The second-order valence-corrected chi connectivity index (χ2v) is 10.3. The van der Waals surface area contributed by atoms with Gasteiger partial charge in [-0.2, -0.15) is 5.26 Å². The number of para-hydroxylation sites is 1. The summed E-state index contributed by atoms with van der Waals surface area (Å²) >= 11 is 0. The molecule has 1 aliphatic heterocycles. The van der Waals surface area contributed by atoms with Crippen molar-refractivity contribution in [2.24, 2.45) is 0 Å². The van der Waals surface area contributed by atoms with Gasteiger partial charge < -0.3 is 10.2 Å². The SMILES string of the molecule is Cc1cc(N2CCN(CC(=O)Nc3c(C#N)c4c(n3-c3ccccc3)CCCC4)CC2)nc(C(C)C)n1. The van der Waals surface area contributed by atoms with Crippen LogP contribution in [0.1, 0.15) is 60.9 Å². The zero-order valence-corrected chi connectivity index (χ0v) is 22.0. The van der Waals surface area contributed by atoms with Crippen LogP contribution in [0.3, 0.4) is 0 Å². The van der Waals surface area contributed by atoms with E-state index in [2.05, 4.69) is 44.6 Å². The second kappa shape index (κ2) is 10.7. The molecule has 1 aliphatic carbocycles. The lowest BCUT2D eigenvalue weighted by atomic mass is 9.95. The zero-order chi connectivity index (χ0) is 25.9. The van der Waals surface area contributed by atoms with Crippen molar-refractivity contribution >= 4 is 17.5 Å². The number of carbonyl (C=O) groups excluding carboxylic acids is 1. The normalized spacial score (nSPS) is 15.9. The summed E-state index contributed by atoms with van der Waals surface area (Å²) in [4.78, 5) is 27.0. The number of fused-ring (bicyclic) bond motifs is 1. The molecule has 192 valence electrons. The van der Waals surface area contributed by atoms with Crippen LogP contribution < -0.4 is 10.2 Å². The van der Waals surface area contributed by atoms with Gasteiger partial charge in [0.2, 0.25) is 5.91 Å². The Morgan fingerprint density at radius 3 is 2.51 bits per heavy atom. The molecule has 0 spiro atoms. The minimum absolute atomic E-state index is 0.0862. The summed E-state index contributed by atoms with van der Waals surface area (Å²) in [5, 5.41) is 13.2. The quantitative estimate of drug-likeness (QED) is 0.549. The number of piperazine rings is 1. The number of nitrogens with one attached hydrogen (secondary N) is 1. The average Bonchev–Trinajstić information content (AvgIpc) is 3.21. The van der Waals surface area contributed by atoms with Crippen molar-refractivity contribution in [3.8, 4) is 11.8 Å². The third-order valence-electron chi connectivity index (χ3n) is 7.29. The molecule has 0 saturated carbocycles. The number of hydrogen-bond donors (Lipinski definition) is 1. The highest BCUT2D eigenvalue weighted by atomic mass is 16.2. The smallest absolute Gasteiger partial charge is 0.239 e. The van der Waals surface area contributed by atoms with Crippen LogP contribution in [0.4, 0.5) is 11.6 Å². The highest BCUT2D eigenvalue weighted by molar-refractivity contribution is 5.93. The molecule has 0 radical (unpaired) electrons. The third kappa shape index (κ3) is 5.23. The van der Waals surface area contributed by atoms with Gasteiger partial charge >= 0.3 is 0 Å². The molecular formula is C29H35N7O. The maximum Gasteiger partial charge on any atom is 0.239 e. The van der Waals surface area contributed by atoms with Crippen LogP contribution in [-0.2, 0) is 17.6 Å². The first-order valence-electron chi connectivity index (χ1n) is 13.3. The Bertz CT molecular complexity index is 1310. The molecule has 1 saturated heterocycles. The Kier molecular flexibility index (Phi) is 7.24. The Morgan fingerprint density at radius 2 is 1.81 bits per heavy atom. The molecule has 0 bridgehead atoms. The molecule has 3 heterocycles. The lowest BCUT2D eigenvalue weighted by molar-refractivity contribution is -0.117. The summed E-state index contributed by atoms with van der Waals surface area (Å²) in [6.45, 7) is 9.68. The molecule has 8 heteroatoms. The minimum atomic E-state index is -0.0862. The van der Waals surface area contributed by atoms with Crippen LogP contribution in [0.15, 0.2) is 36.4 Å². The molecule has 0 unspecified atom stereocenters. The number of carbonyl (C=O) groups is 1. The van der Waals surface area contributed by atoms with E-state index in [1.54, 1.807) is 0 Å². The highest BCUT2D eigenvalue weighted by Gasteiger charge is 2.28. The monoisotopic (exact) mass is 497 g/mol. The van der Waals surface area contributed by atoms with E-state index >= 15 is 0 Å². The van der Waals surface area contributed by atoms with Gasteiger partial charge in [-0.15, -0.1) is 0 Å². The first-order chi connectivity index (χ1) is 17.9. The van der Waals surface area contributed by atoms with E-state index in [0.29, 0.717) is 17.9 Å². The zero-order valence-electron chi connectivity index (χ0n) is 22.0. The molecular weight excluding hydrogens is 462 g/mol. The van der Waals surface area contributed by atoms with Crippen molar-refractivity contribution in [1.82, 2.24) is 19.4 Å². The van der Waals surface area contributed by atoms with Crippen molar-refractivity contribution in [3.63, 3.8) is 0 Å². The second-order valence-electron chi connectivity index (χ2n) is 10.3. The van der Waals surface area contributed by atoms with Gasteiger partial charge in [0.1, 0.15) is 23.5 Å². The third-order valence-corrected chi connectivity index (χ3v) is 7.29. The molecule has 1 amide bonds. The molecule has 0 atom stereocenters. The Morgan fingerprint density at radius 1 is 1.08 bits per heavy atom. The number of benzene rings is 1. The van der Waals surface area contributed by atoms with Gasteiger partial charge in [-0.1, -0.05) is 32.0 Å². The summed E-state index contributed by atoms with van der Waals surface area (Å²) in [6.07, 6.45) is 3.96. The minimum Gasteiger partial charge on any atom is -0.354 e. The fourth-order valence-corrected chi connectivity index (χ4v) is 5.40. The number of nitriles is 1. The average molecular weight is 498 g/mol. The van der Waals surface area contributed by atoms with Gasteiger partial charge in [-0.3, -0.25) is 14.3 Å². The molecule has 1 N–H and O–H groups in total. The first-order valence-corrected chi connectivity index (χ1v) is 13.3. The van der Waals surface area contributed by atoms with Gasteiger partial charge in [0, 0.05) is 55.2 Å². The summed E-state index contributed by atoms with van der Waals surface area (Å²) in [7, 11) is 0. The molecule has 8 nitrogen and oxygen atoms in total. The van der Waals surface area contributed by atoms with E-state index in [9.17, 15) is 10.1 Å². The highest BCUT2D eigenvalue weighted by Crippen LogP contribution is 2.35. The van der Waals surface area contributed by atoms with E-state index in [0.717, 1.165) is 86.1 Å². The Labute approximate surface area is 218 Å². The predicted octanol–water partition coefficient (Wildman–Crippen LogP) is 4.21. The van der Waals surface area contributed by atoms with Crippen molar-refractivity contribution in [2.45, 2.75) is 52.4 Å². The van der Waals surface area contributed by atoms with Crippen LogP contribution in [-0.4, -0.2) is 58.1 Å². The van der Waals surface area contributed by atoms with Crippen LogP contribution in [0.2, 0.25) is 0 Å². The molecule has 1 aromatic carbocycles. The lowest BCUT2D eigenvalue weighted by Gasteiger charge is -2.35. The Balaban J connectivity index is 1.29. The van der Waals surface area contributed by atoms with E-state index in [1.165, 1.54) is 0 Å². The van der Waals surface area contributed by atoms with Crippen molar-refractivity contribution in [2.75, 3.05) is 42.9 Å². The molecule has 37 heavy (non-hydrogen) atoms. The number of aryl methyl sites for hydroxylation is 1. The molecule has 5 rings (SSSR count). The standard InChI is InChI=1S/C29H35N7O/c1-20(2)28-31-21(3)17-26(32-28)35-15-13-34(14-16-35)19-27(37)33-29-24(18-30)23-11-7-8-12-25(23)36(29)22-9-5-4-6-10-22/h4-6,9-10,17,20H,7-8,11-16,19H2,1-3H3,(H,33,37). The largest absolute Gasteiger partial charge is 0.354 e. The van der Waals surface area contributed by atoms with E-state index in [4.69, 9.17) is 4.98 Å². The fourth-order valence-electron chi connectivity index (χ4n) is 5.40. The van der Waals surface area contributed by atoms with Crippen LogP contribution >= 0.6 is 0 Å². The van der Waals surface area contributed by atoms with E-state index in [1.807, 2.05) is 43.3 Å². The van der Waals surface area contributed by atoms with Gasteiger partial charge in [-0.05, 0) is 50.3 Å². The summed E-state index contributed by atoms with van der Waals surface area (Å²) < 4.78 is 2.09. The van der Waals surface area contributed by atoms with Crippen LogP contribution in [0.25, 0.3) is 5.69 Å². The number of aromatic nitrogens is 3. The van der Waals surface area contributed by atoms with Gasteiger partial charge in [-0.25, -0.2) is 9.97 Å². The first kappa shape index (κ1) is 25.0. The number of amides is 1. The number of rotatable bonds is 6. The maximum atomic E-state index is 13.3. The Hall–Kier alpha value is -3.70. The van der Waals surface area contributed by atoms with Gasteiger partial charge in [0.15, 0.2) is 0 Å². The van der Waals surface area contributed by atoms with Crippen molar-refractivity contribution in [1.29, 1.82) is 5.26 Å². The topological polar surface area (TPSA) is 90.1 Å². The number of hydrogen-bond acceptors (Lipinski definition) is 6. The predicted molar refractivity (Wildman–Crippen MR) is 145 cm³/mol. The van der Waals surface area contributed by atoms with Gasteiger partial charge in [0.05, 0.1) is 12.1 Å². The van der Waals surface area contributed by atoms with Crippen LogP contribution in [0, 0.1) is 18.3 Å². The molecule has 1 fully saturated rings. The molecule has 3 aromatic rings. The number of anilines is 2. The lowest BCUT2D eigenvalue weighted by Crippen LogP contribution is -2.49. The van der Waals surface area contributed by atoms with E-state index < -0.39 is 0 Å². The molecule has 2 aliphatic rings. The summed E-state index contributed by atoms with van der Waals surface area (Å²) in [6, 6.07) is 14.5. The molecule has 2 aromatic heterocycles. The fraction of sp³-hybridized carbons (Fsp3) is 0.448. The van der Waals surface area contributed by atoms with Crippen molar-refractivity contribution < 1.29 is 4.79 Å². The van der Waals surface area contributed by atoms with Crippen molar-refractivity contribution in [3.05, 3.63) is 64.7 Å². The van der Waals surface area contributed by atoms with Gasteiger partial charge in [0.25, 0.3) is 0 Å². The van der Waals surface area contributed by atoms with E-state index in [-0.39, 0.29) is 11.8 Å². The summed E-state index contributed by atoms with van der Waals surface area (Å²) in [5.41, 5.74) is 4.80. The maximum absolute atomic E-state index is 13.3.